The van der Waals surface area contributed by atoms with Crippen LogP contribution in [-0.2, 0) is 0 Å². The van der Waals surface area contributed by atoms with E-state index in [1.54, 1.807) is 0 Å². The van der Waals surface area contributed by atoms with Crippen LogP contribution < -0.4 is 0 Å². The van der Waals surface area contributed by atoms with Gasteiger partial charge in [0.05, 0.1) is 12.0 Å². The molecule has 0 radical (unpaired) electrons. The molecule has 0 aliphatic carbocycles. The van der Waals surface area contributed by atoms with Crippen LogP contribution in [0.4, 0.5) is 13.2 Å². The third kappa shape index (κ3) is 2.66. The summed E-state index contributed by atoms with van der Waals surface area (Å²) in [6, 6.07) is 3.46. The summed E-state index contributed by atoms with van der Waals surface area (Å²) in [7, 11) is 0. The molecule has 2 rings (SSSR count). The average molecular weight is 282 g/mol. The molecule has 1 heterocycles. The van der Waals surface area contributed by atoms with E-state index in [1.807, 2.05) is 25.7 Å². The van der Waals surface area contributed by atoms with E-state index in [4.69, 9.17) is 0 Å². The third-order valence-corrected chi connectivity index (χ3v) is 3.85. The summed E-state index contributed by atoms with van der Waals surface area (Å²) in [6.45, 7) is 6.81. The van der Waals surface area contributed by atoms with Gasteiger partial charge in [-0.15, -0.1) is 0 Å². The van der Waals surface area contributed by atoms with E-state index in [2.05, 4.69) is 6.07 Å². The number of nitrogens with zero attached hydrogens (tertiary/aromatic N) is 2. The summed E-state index contributed by atoms with van der Waals surface area (Å²) >= 11 is 0. The van der Waals surface area contributed by atoms with E-state index < -0.39 is 29.3 Å². The van der Waals surface area contributed by atoms with Crippen molar-refractivity contribution in [2.75, 3.05) is 13.1 Å². The minimum absolute atomic E-state index is 0.176. The van der Waals surface area contributed by atoms with Gasteiger partial charge in [0, 0.05) is 42.2 Å². The molecule has 0 N–H and O–H groups in total. The van der Waals surface area contributed by atoms with Gasteiger partial charge in [0.1, 0.15) is 17.5 Å². The Labute approximate surface area is 116 Å². The van der Waals surface area contributed by atoms with Crippen LogP contribution in [0.25, 0.3) is 0 Å². The first-order chi connectivity index (χ1) is 9.24. The van der Waals surface area contributed by atoms with Gasteiger partial charge in [-0.25, -0.2) is 13.2 Å². The van der Waals surface area contributed by atoms with E-state index in [0.717, 1.165) is 0 Å². The van der Waals surface area contributed by atoms with E-state index in [0.29, 0.717) is 25.2 Å². The summed E-state index contributed by atoms with van der Waals surface area (Å²) in [4.78, 5) is 2.02. The molecular weight excluding hydrogens is 265 g/mol. The molecule has 20 heavy (non-hydrogen) atoms. The topological polar surface area (TPSA) is 27.0 Å². The highest BCUT2D eigenvalue weighted by molar-refractivity contribution is 5.29. The smallest absolute Gasteiger partial charge is 0.132 e. The highest BCUT2D eigenvalue weighted by Crippen LogP contribution is 2.38. The fraction of sp³-hybridized carbons (Fsp3) is 0.533. The molecule has 1 aromatic rings. The van der Waals surface area contributed by atoms with E-state index in [1.165, 1.54) is 0 Å². The standard InChI is InChI=1S/C15H17F3N2/c1-15(2,3)20-7-9(6-19)11(8-20)14-12(17)4-10(16)5-13(14)18/h4-5,9,11H,7-8H2,1-3H3/t9-,11-/m0/s1. The van der Waals surface area contributed by atoms with Crippen molar-refractivity contribution in [3.05, 3.63) is 35.1 Å². The minimum atomic E-state index is -0.942. The van der Waals surface area contributed by atoms with Gasteiger partial charge >= 0.3 is 0 Å². The van der Waals surface area contributed by atoms with Crippen molar-refractivity contribution >= 4 is 0 Å². The SMILES string of the molecule is CC(C)(C)N1C[C@H](c2c(F)cc(F)cc2F)[C@@H](C#N)C1. The molecule has 0 amide bonds. The average Bonchev–Trinajstić information content (AvgIpc) is 2.71. The summed E-state index contributed by atoms with van der Waals surface area (Å²) < 4.78 is 40.8. The quantitative estimate of drug-likeness (QED) is 0.789. The maximum absolute atomic E-state index is 13.9. The van der Waals surface area contributed by atoms with Crippen LogP contribution in [0.1, 0.15) is 32.3 Å². The zero-order valence-electron chi connectivity index (χ0n) is 11.8. The number of likely N-dealkylation sites (tertiary alicyclic amines) is 1. The zero-order chi connectivity index (χ0) is 15.1. The highest BCUT2D eigenvalue weighted by Gasteiger charge is 2.40. The third-order valence-electron chi connectivity index (χ3n) is 3.85. The van der Waals surface area contributed by atoms with Crippen molar-refractivity contribution in [2.45, 2.75) is 32.2 Å². The second-order valence-corrected chi connectivity index (χ2v) is 6.20. The molecule has 1 aliphatic rings. The Morgan fingerprint density at radius 2 is 1.70 bits per heavy atom. The van der Waals surface area contributed by atoms with Crippen molar-refractivity contribution < 1.29 is 13.2 Å². The number of hydrogen-bond donors (Lipinski definition) is 0. The van der Waals surface area contributed by atoms with Crippen molar-refractivity contribution in [1.29, 1.82) is 5.26 Å². The Kier molecular flexibility index (Phi) is 3.79. The Hall–Kier alpha value is -1.54. The maximum Gasteiger partial charge on any atom is 0.132 e. The first-order valence-corrected chi connectivity index (χ1v) is 6.53. The maximum atomic E-state index is 13.9. The molecule has 0 aromatic heterocycles. The first kappa shape index (κ1) is 14.9. The van der Waals surface area contributed by atoms with Crippen LogP contribution in [0, 0.1) is 34.7 Å². The highest BCUT2D eigenvalue weighted by atomic mass is 19.1. The van der Waals surface area contributed by atoms with Gasteiger partial charge in [0.25, 0.3) is 0 Å². The van der Waals surface area contributed by atoms with E-state index in [9.17, 15) is 18.4 Å². The van der Waals surface area contributed by atoms with Gasteiger partial charge in [0.2, 0.25) is 0 Å². The number of hydrogen-bond acceptors (Lipinski definition) is 2. The van der Waals surface area contributed by atoms with Gasteiger partial charge in [-0.2, -0.15) is 5.26 Å². The van der Waals surface area contributed by atoms with Crippen molar-refractivity contribution in [3.63, 3.8) is 0 Å². The Balaban J connectivity index is 2.40. The molecule has 108 valence electrons. The Morgan fingerprint density at radius 1 is 1.15 bits per heavy atom. The second-order valence-electron chi connectivity index (χ2n) is 6.20. The van der Waals surface area contributed by atoms with Crippen LogP contribution in [0.2, 0.25) is 0 Å². The molecule has 2 nitrogen and oxygen atoms in total. The normalized spacial score (nSPS) is 23.9. The molecule has 1 fully saturated rings. The predicted molar refractivity (Wildman–Crippen MR) is 69.5 cm³/mol. The molecule has 0 bridgehead atoms. The lowest BCUT2D eigenvalue weighted by molar-refractivity contribution is 0.169. The van der Waals surface area contributed by atoms with Gasteiger partial charge in [-0.3, -0.25) is 4.90 Å². The molecule has 5 heteroatoms. The van der Waals surface area contributed by atoms with Gasteiger partial charge in [-0.1, -0.05) is 0 Å². The predicted octanol–water partition coefficient (Wildman–Crippen LogP) is 3.44. The molecule has 0 unspecified atom stereocenters. The van der Waals surface area contributed by atoms with Gasteiger partial charge in [-0.05, 0) is 20.8 Å². The minimum Gasteiger partial charge on any atom is -0.297 e. The summed E-state index contributed by atoms with van der Waals surface area (Å²) in [5.74, 6) is -3.83. The second kappa shape index (κ2) is 5.10. The fourth-order valence-electron chi connectivity index (χ4n) is 2.68. The number of nitriles is 1. The molecule has 2 atom stereocenters. The zero-order valence-corrected chi connectivity index (χ0v) is 11.8. The summed E-state index contributed by atoms with van der Waals surface area (Å²) in [6.07, 6.45) is 0. The van der Waals surface area contributed by atoms with Crippen molar-refractivity contribution in [2.24, 2.45) is 5.92 Å². The molecular formula is C15H17F3N2. The van der Waals surface area contributed by atoms with Gasteiger partial charge < -0.3 is 0 Å². The van der Waals surface area contributed by atoms with Gasteiger partial charge in [0.15, 0.2) is 0 Å². The lowest BCUT2D eigenvalue weighted by Crippen LogP contribution is -2.39. The Morgan fingerprint density at radius 3 is 2.15 bits per heavy atom. The molecule has 0 saturated carbocycles. The largest absolute Gasteiger partial charge is 0.297 e. The van der Waals surface area contributed by atoms with E-state index >= 15 is 0 Å². The Bertz CT molecular complexity index is 534. The number of rotatable bonds is 1. The summed E-state index contributed by atoms with van der Waals surface area (Å²) in [5.41, 5.74) is -0.360. The molecule has 0 spiro atoms. The van der Waals surface area contributed by atoms with Crippen LogP contribution >= 0.6 is 0 Å². The van der Waals surface area contributed by atoms with Crippen LogP contribution in [-0.4, -0.2) is 23.5 Å². The van der Waals surface area contributed by atoms with Crippen LogP contribution in [0.15, 0.2) is 12.1 Å². The fourth-order valence-corrected chi connectivity index (χ4v) is 2.68. The number of benzene rings is 1. The first-order valence-electron chi connectivity index (χ1n) is 6.53. The molecule has 1 aromatic carbocycles. The van der Waals surface area contributed by atoms with Crippen molar-refractivity contribution in [1.82, 2.24) is 4.90 Å². The lowest BCUT2D eigenvalue weighted by atomic mass is 9.89. The lowest BCUT2D eigenvalue weighted by Gasteiger charge is -2.31. The number of halogens is 3. The molecule has 1 saturated heterocycles. The van der Waals surface area contributed by atoms with Crippen LogP contribution in [0.3, 0.4) is 0 Å². The monoisotopic (exact) mass is 282 g/mol. The molecule has 1 aliphatic heterocycles. The van der Waals surface area contributed by atoms with E-state index in [-0.39, 0.29) is 11.1 Å². The summed E-state index contributed by atoms with van der Waals surface area (Å²) in [5, 5.41) is 9.22. The van der Waals surface area contributed by atoms with Crippen molar-refractivity contribution in [3.8, 4) is 6.07 Å². The van der Waals surface area contributed by atoms with Crippen LogP contribution in [0.5, 0.6) is 0 Å².